The van der Waals surface area contributed by atoms with Gasteiger partial charge in [0.25, 0.3) is 0 Å². The molecule has 57 heavy (non-hydrogen) atoms. The van der Waals surface area contributed by atoms with Crippen molar-refractivity contribution in [2.45, 2.75) is 212 Å². The molecule has 13 nitrogen and oxygen atoms in total. The van der Waals surface area contributed by atoms with Crippen LogP contribution in [0.5, 0.6) is 0 Å². The van der Waals surface area contributed by atoms with Crippen LogP contribution in [0.3, 0.4) is 0 Å². The van der Waals surface area contributed by atoms with E-state index < -0.39 is 44.4 Å². The fourth-order valence-corrected chi connectivity index (χ4v) is 7.35. The first-order valence-corrected chi connectivity index (χ1v) is 24.1. The first kappa shape index (κ1) is 52.7. The van der Waals surface area contributed by atoms with Crippen LogP contribution in [0.1, 0.15) is 199 Å². The topological polar surface area (TPSA) is 192 Å². The number of hydrogen-bond acceptors (Lipinski definition) is 10. The summed E-state index contributed by atoms with van der Waals surface area (Å²) in [5, 5.41) is 2.55. The summed E-state index contributed by atoms with van der Waals surface area (Å²) in [5.74, 6) is -1.36. The van der Waals surface area contributed by atoms with Gasteiger partial charge in [-0.15, -0.1) is 0 Å². The van der Waals surface area contributed by atoms with Crippen molar-refractivity contribution in [3.63, 3.8) is 0 Å². The van der Waals surface area contributed by atoms with Crippen molar-refractivity contribution in [1.29, 1.82) is 0 Å². The van der Waals surface area contributed by atoms with Gasteiger partial charge < -0.3 is 30.4 Å². The number of phosphoric ester groups is 1. The van der Waals surface area contributed by atoms with Gasteiger partial charge in [0.2, 0.25) is 5.91 Å². The summed E-state index contributed by atoms with van der Waals surface area (Å²) in [6.07, 6.45) is 33.8. The molecule has 0 fully saturated rings. The molecule has 1 rings (SSSR count). The number of phosphoric acid groups is 1. The average Bonchev–Trinajstić information content (AvgIpc) is 3.71. The van der Waals surface area contributed by atoms with Crippen LogP contribution in [0.2, 0.25) is 0 Å². The smallest absolute Gasteiger partial charge is 0.462 e. The van der Waals surface area contributed by atoms with Gasteiger partial charge >= 0.3 is 19.8 Å². The lowest BCUT2D eigenvalue weighted by atomic mass is 10.0. The SMILES string of the molecule is CCCCCCCCCCCCCCCC(=O)OCC(COP(=O)(O)OCCNC(=O)C(N)Cc1cnc[nH]1)OC(=O)CCCCCCCCCCCCCCC. The third kappa shape index (κ3) is 33.2. The van der Waals surface area contributed by atoms with Crippen molar-refractivity contribution in [1.82, 2.24) is 15.3 Å². The standard InChI is InChI=1S/C43H81N4O9P/c1-3-5-7-9-11-13-15-17-19-21-23-25-27-29-41(48)53-35-39(56-42(49)30-28-26-24-22-20-18-16-14-12-10-8-6-4-2)36-55-57(51,52)54-32-31-46-43(50)40(44)33-38-34-45-37-47-38/h34,37,39-40H,3-33,35-36,44H2,1-2H3,(H,45,47)(H,46,50)(H,51,52). The molecular weight excluding hydrogens is 747 g/mol. The maximum atomic E-state index is 12.7. The number of esters is 2. The fourth-order valence-electron chi connectivity index (χ4n) is 6.60. The first-order chi connectivity index (χ1) is 27.7. The summed E-state index contributed by atoms with van der Waals surface area (Å²) in [6, 6.07) is -0.843. The highest BCUT2D eigenvalue weighted by Crippen LogP contribution is 2.43. The monoisotopic (exact) mass is 829 g/mol. The Morgan fingerprint density at radius 2 is 1.16 bits per heavy atom. The third-order valence-electron chi connectivity index (χ3n) is 10.1. The number of rotatable bonds is 41. The van der Waals surface area contributed by atoms with E-state index in [1.165, 1.54) is 122 Å². The maximum Gasteiger partial charge on any atom is 0.472 e. The maximum absolute atomic E-state index is 12.7. The van der Waals surface area contributed by atoms with Gasteiger partial charge in [0.15, 0.2) is 6.10 Å². The Bertz CT molecular complexity index is 1160. The molecule has 1 aromatic rings. The lowest BCUT2D eigenvalue weighted by Crippen LogP contribution is -2.43. The number of nitrogens with one attached hydrogen (secondary N) is 2. The number of nitrogens with two attached hydrogens (primary N) is 1. The number of imidazole rings is 1. The molecule has 0 saturated carbocycles. The summed E-state index contributed by atoms with van der Waals surface area (Å²) >= 11 is 0. The molecule has 0 bridgehead atoms. The van der Waals surface area contributed by atoms with E-state index in [1.54, 1.807) is 6.20 Å². The van der Waals surface area contributed by atoms with Crippen LogP contribution in [0.4, 0.5) is 0 Å². The highest BCUT2D eigenvalue weighted by molar-refractivity contribution is 7.47. The predicted octanol–water partition coefficient (Wildman–Crippen LogP) is 9.95. The number of aromatic nitrogens is 2. The lowest BCUT2D eigenvalue weighted by Gasteiger charge is -2.20. The molecule has 5 N–H and O–H groups in total. The zero-order valence-electron chi connectivity index (χ0n) is 35.8. The van der Waals surface area contributed by atoms with E-state index in [0.29, 0.717) is 18.5 Å². The Morgan fingerprint density at radius 1 is 0.702 bits per heavy atom. The normalized spacial score (nSPS) is 13.5. The molecule has 3 unspecified atom stereocenters. The molecule has 14 heteroatoms. The molecule has 1 aromatic heterocycles. The van der Waals surface area contributed by atoms with Gasteiger partial charge in [-0.05, 0) is 12.8 Å². The van der Waals surface area contributed by atoms with Crippen LogP contribution >= 0.6 is 7.82 Å². The van der Waals surface area contributed by atoms with Crippen molar-refractivity contribution in [3.05, 3.63) is 18.2 Å². The minimum atomic E-state index is -4.59. The van der Waals surface area contributed by atoms with Crippen LogP contribution in [-0.2, 0) is 43.9 Å². The summed E-state index contributed by atoms with van der Waals surface area (Å²) in [4.78, 5) is 54.5. The summed E-state index contributed by atoms with van der Waals surface area (Å²) in [7, 11) is -4.59. The van der Waals surface area contributed by atoms with E-state index in [-0.39, 0.29) is 39.0 Å². The number of carbonyl (C=O) groups excluding carboxylic acids is 3. The zero-order chi connectivity index (χ0) is 41.7. The lowest BCUT2D eigenvalue weighted by molar-refractivity contribution is -0.161. The second kappa shape index (κ2) is 36.7. The number of hydrogen-bond donors (Lipinski definition) is 4. The Kier molecular flexibility index (Phi) is 34.0. The van der Waals surface area contributed by atoms with Gasteiger partial charge in [-0.25, -0.2) is 9.55 Å². The second-order valence-electron chi connectivity index (χ2n) is 15.6. The van der Waals surface area contributed by atoms with Crippen molar-refractivity contribution in [2.24, 2.45) is 5.73 Å². The van der Waals surface area contributed by atoms with Crippen molar-refractivity contribution in [2.75, 3.05) is 26.4 Å². The molecule has 0 saturated heterocycles. The van der Waals surface area contributed by atoms with Crippen molar-refractivity contribution in [3.8, 4) is 0 Å². The van der Waals surface area contributed by atoms with E-state index in [1.807, 2.05) is 0 Å². The van der Waals surface area contributed by atoms with Crippen LogP contribution in [0.25, 0.3) is 0 Å². The Morgan fingerprint density at radius 3 is 1.61 bits per heavy atom. The number of aromatic amines is 1. The van der Waals surface area contributed by atoms with E-state index in [0.717, 1.165) is 38.5 Å². The highest BCUT2D eigenvalue weighted by Gasteiger charge is 2.26. The molecule has 0 aliphatic heterocycles. The highest BCUT2D eigenvalue weighted by atomic mass is 31.2. The third-order valence-corrected chi connectivity index (χ3v) is 11.1. The number of nitrogens with zero attached hydrogens (tertiary/aromatic N) is 1. The molecule has 332 valence electrons. The quantitative estimate of drug-likeness (QED) is 0.0279. The minimum Gasteiger partial charge on any atom is -0.462 e. The molecule has 0 aromatic carbocycles. The fraction of sp³-hybridized carbons (Fsp3) is 0.860. The summed E-state index contributed by atoms with van der Waals surface area (Å²) < 4.78 is 33.7. The molecule has 1 heterocycles. The average molecular weight is 829 g/mol. The molecule has 3 atom stereocenters. The second-order valence-corrected chi connectivity index (χ2v) is 17.0. The number of unbranched alkanes of at least 4 members (excludes halogenated alkanes) is 24. The Hall–Kier alpha value is -2.31. The van der Waals surface area contributed by atoms with Crippen molar-refractivity contribution < 1.29 is 42.4 Å². The summed E-state index contributed by atoms with van der Waals surface area (Å²) in [6.45, 7) is 3.26. The van der Waals surface area contributed by atoms with E-state index in [4.69, 9.17) is 24.3 Å². The molecule has 0 radical (unpaired) electrons. The van der Waals surface area contributed by atoms with Gasteiger partial charge in [-0.1, -0.05) is 168 Å². The first-order valence-electron chi connectivity index (χ1n) is 22.6. The number of ether oxygens (including phenoxy) is 2. The predicted molar refractivity (Wildman–Crippen MR) is 226 cm³/mol. The molecule has 0 aliphatic carbocycles. The van der Waals surface area contributed by atoms with Gasteiger partial charge in [-0.3, -0.25) is 23.4 Å². The molecule has 1 amide bonds. The molecular formula is C43H81N4O9P. The van der Waals surface area contributed by atoms with Gasteiger partial charge in [-0.2, -0.15) is 0 Å². The van der Waals surface area contributed by atoms with E-state index in [9.17, 15) is 23.8 Å². The zero-order valence-corrected chi connectivity index (χ0v) is 36.7. The van der Waals surface area contributed by atoms with Crippen LogP contribution < -0.4 is 11.1 Å². The minimum absolute atomic E-state index is 0.0856. The molecule has 0 spiro atoms. The van der Waals surface area contributed by atoms with Crippen LogP contribution in [-0.4, -0.2) is 71.2 Å². The van der Waals surface area contributed by atoms with Gasteiger partial charge in [0.1, 0.15) is 6.61 Å². The van der Waals surface area contributed by atoms with Crippen LogP contribution in [0.15, 0.2) is 12.5 Å². The van der Waals surface area contributed by atoms with Gasteiger partial charge in [0.05, 0.1) is 25.6 Å². The van der Waals surface area contributed by atoms with Crippen LogP contribution in [0, 0.1) is 0 Å². The number of carbonyl (C=O) groups is 3. The number of H-pyrrole nitrogens is 1. The Balaban J connectivity index is 2.39. The van der Waals surface area contributed by atoms with Crippen molar-refractivity contribution >= 4 is 25.7 Å². The molecule has 0 aliphatic rings. The van der Waals surface area contributed by atoms with E-state index in [2.05, 4.69) is 29.1 Å². The van der Waals surface area contributed by atoms with E-state index >= 15 is 0 Å². The largest absolute Gasteiger partial charge is 0.472 e. The number of amides is 1. The van der Waals surface area contributed by atoms with Gasteiger partial charge in [0, 0.05) is 37.7 Å². The Labute approximate surface area is 345 Å². The summed E-state index contributed by atoms with van der Waals surface area (Å²) in [5.41, 5.74) is 6.61.